The molecule has 0 saturated carbocycles. The first kappa shape index (κ1) is 19.6. The summed E-state index contributed by atoms with van der Waals surface area (Å²) in [4.78, 5) is 24.3. The van der Waals surface area contributed by atoms with E-state index < -0.39 is 0 Å². The molecule has 0 spiro atoms. The maximum Gasteiger partial charge on any atom is 0.232 e. The molecule has 1 unspecified atom stereocenters. The van der Waals surface area contributed by atoms with Crippen molar-refractivity contribution in [2.75, 3.05) is 18.8 Å². The van der Waals surface area contributed by atoms with Crippen molar-refractivity contribution in [3.05, 3.63) is 60.2 Å². The van der Waals surface area contributed by atoms with Gasteiger partial charge in [0, 0.05) is 42.4 Å². The van der Waals surface area contributed by atoms with E-state index in [0.29, 0.717) is 29.8 Å². The number of benzene rings is 1. The van der Waals surface area contributed by atoms with Crippen LogP contribution in [-0.2, 0) is 11.2 Å². The minimum Gasteiger partial charge on any atom is -0.342 e. The Balaban J connectivity index is 1.33. The molecule has 4 rings (SSSR count). The highest BCUT2D eigenvalue weighted by molar-refractivity contribution is 8.00. The van der Waals surface area contributed by atoms with Crippen LogP contribution in [0, 0.1) is 12.8 Å². The van der Waals surface area contributed by atoms with Crippen molar-refractivity contribution in [3.8, 4) is 11.4 Å². The summed E-state index contributed by atoms with van der Waals surface area (Å²) in [5, 5.41) is 4.15. The van der Waals surface area contributed by atoms with Crippen LogP contribution in [0.5, 0.6) is 0 Å². The van der Waals surface area contributed by atoms with Gasteiger partial charge in [-0.15, -0.1) is 11.8 Å². The van der Waals surface area contributed by atoms with Gasteiger partial charge in [0.15, 0.2) is 0 Å². The molecule has 1 aromatic carbocycles. The molecule has 1 aliphatic heterocycles. The molecule has 150 valence electrons. The highest BCUT2D eigenvalue weighted by Crippen LogP contribution is 2.25. The summed E-state index contributed by atoms with van der Waals surface area (Å²) >= 11 is 1.56. The summed E-state index contributed by atoms with van der Waals surface area (Å²) in [6, 6.07) is 11.9. The molecule has 0 N–H and O–H groups in total. The SMILES string of the molecule is Cc1ccccc1-c1noc(CC2CCCN(C(=O)CSc3ccncc3)C2)n1. The van der Waals surface area contributed by atoms with Crippen LogP contribution in [0.1, 0.15) is 24.3 Å². The number of hydrogen-bond acceptors (Lipinski definition) is 6. The lowest BCUT2D eigenvalue weighted by molar-refractivity contribution is -0.130. The molecule has 0 bridgehead atoms. The highest BCUT2D eigenvalue weighted by atomic mass is 32.2. The van der Waals surface area contributed by atoms with Gasteiger partial charge in [-0.25, -0.2) is 0 Å². The molecule has 0 radical (unpaired) electrons. The monoisotopic (exact) mass is 408 g/mol. The molecule has 1 amide bonds. The van der Waals surface area contributed by atoms with Gasteiger partial charge in [0.25, 0.3) is 0 Å². The van der Waals surface area contributed by atoms with E-state index in [1.807, 2.05) is 48.2 Å². The predicted octanol–water partition coefficient (Wildman–Crippen LogP) is 4.01. The molecule has 1 atom stereocenters. The van der Waals surface area contributed by atoms with Crippen LogP contribution in [0.3, 0.4) is 0 Å². The van der Waals surface area contributed by atoms with Gasteiger partial charge in [-0.05, 0) is 43.4 Å². The van der Waals surface area contributed by atoms with Crippen LogP contribution >= 0.6 is 11.8 Å². The van der Waals surface area contributed by atoms with Gasteiger partial charge in [0.05, 0.1) is 5.75 Å². The van der Waals surface area contributed by atoms with E-state index in [1.54, 1.807) is 24.2 Å². The third kappa shape index (κ3) is 5.03. The molecule has 1 fully saturated rings. The molecule has 1 aliphatic rings. The lowest BCUT2D eigenvalue weighted by Gasteiger charge is -2.32. The number of carbonyl (C=O) groups excluding carboxylic acids is 1. The van der Waals surface area contributed by atoms with Crippen molar-refractivity contribution in [2.45, 2.75) is 31.1 Å². The Morgan fingerprint density at radius 3 is 2.90 bits per heavy atom. The summed E-state index contributed by atoms with van der Waals surface area (Å²) in [7, 11) is 0. The number of aryl methyl sites for hydroxylation is 1. The normalized spacial score (nSPS) is 16.7. The zero-order valence-electron chi connectivity index (χ0n) is 16.5. The second-order valence-corrected chi connectivity index (χ2v) is 8.40. The number of nitrogens with zero attached hydrogens (tertiary/aromatic N) is 4. The van der Waals surface area contributed by atoms with Gasteiger partial charge >= 0.3 is 0 Å². The van der Waals surface area contributed by atoms with Crippen molar-refractivity contribution in [2.24, 2.45) is 5.92 Å². The minimum atomic E-state index is 0.183. The number of thioether (sulfide) groups is 1. The second-order valence-electron chi connectivity index (χ2n) is 7.35. The maximum absolute atomic E-state index is 12.6. The lowest BCUT2D eigenvalue weighted by atomic mass is 9.95. The van der Waals surface area contributed by atoms with Crippen LogP contribution in [-0.4, -0.2) is 44.8 Å². The summed E-state index contributed by atoms with van der Waals surface area (Å²) in [6.07, 6.45) is 6.29. The van der Waals surface area contributed by atoms with Gasteiger partial charge in [-0.2, -0.15) is 4.98 Å². The second kappa shape index (κ2) is 9.22. The Bertz CT molecular complexity index is 960. The fourth-order valence-corrected chi connectivity index (χ4v) is 4.43. The number of hydrogen-bond donors (Lipinski definition) is 0. The van der Waals surface area contributed by atoms with Gasteiger partial charge in [0.1, 0.15) is 0 Å². The molecule has 1 saturated heterocycles. The van der Waals surface area contributed by atoms with Gasteiger partial charge in [-0.3, -0.25) is 9.78 Å². The lowest BCUT2D eigenvalue weighted by Crippen LogP contribution is -2.41. The summed E-state index contributed by atoms with van der Waals surface area (Å²) < 4.78 is 5.50. The number of piperidine rings is 1. The Kier molecular flexibility index (Phi) is 6.24. The van der Waals surface area contributed by atoms with E-state index >= 15 is 0 Å². The Labute approximate surface area is 174 Å². The summed E-state index contributed by atoms with van der Waals surface area (Å²) in [5.74, 6) is 2.27. The van der Waals surface area contributed by atoms with Crippen molar-refractivity contribution >= 4 is 17.7 Å². The number of pyridine rings is 1. The number of amides is 1. The van der Waals surface area contributed by atoms with Gasteiger partial charge < -0.3 is 9.42 Å². The first-order chi connectivity index (χ1) is 14.2. The zero-order valence-corrected chi connectivity index (χ0v) is 17.3. The van der Waals surface area contributed by atoms with Crippen molar-refractivity contribution < 1.29 is 9.32 Å². The molecule has 6 nitrogen and oxygen atoms in total. The number of carbonyl (C=O) groups is 1. The third-order valence-electron chi connectivity index (χ3n) is 5.20. The minimum absolute atomic E-state index is 0.183. The first-order valence-corrected chi connectivity index (χ1v) is 10.9. The van der Waals surface area contributed by atoms with E-state index in [4.69, 9.17) is 4.52 Å². The van der Waals surface area contributed by atoms with Gasteiger partial charge in [-0.1, -0.05) is 29.4 Å². The average Bonchev–Trinajstić information content (AvgIpc) is 3.21. The Morgan fingerprint density at radius 2 is 2.07 bits per heavy atom. The highest BCUT2D eigenvalue weighted by Gasteiger charge is 2.25. The van der Waals surface area contributed by atoms with Gasteiger partial charge in [0.2, 0.25) is 17.6 Å². The Morgan fingerprint density at radius 1 is 1.24 bits per heavy atom. The van der Waals surface area contributed by atoms with E-state index in [9.17, 15) is 4.79 Å². The molecule has 0 aliphatic carbocycles. The van der Waals surface area contributed by atoms with E-state index in [1.165, 1.54) is 0 Å². The predicted molar refractivity (Wildman–Crippen MR) is 112 cm³/mol. The molecular weight excluding hydrogens is 384 g/mol. The summed E-state index contributed by atoms with van der Waals surface area (Å²) in [5.41, 5.74) is 2.12. The Hall–Kier alpha value is -2.67. The standard InChI is InChI=1S/C22H24N4O2S/c1-16-5-2-3-7-19(16)22-24-20(28-25-22)13-17-6-4-12-26(14-17)21(27)15-29-18-8-10-23-11-9-18/h2-3,5,7-11,17H,4,6,12-15H2,1H3. The molecule has 2 aromatic heterocycles. The molecule has 3 aromatic rings. The van der Waals surface area contributed by atoms with Crippen LogP contribution < -0.4 is 0 Å². The molecule has 7 heteroatoms. The summed E-state index contributed by atoms with van der Waals surface area (Å²) in [6.45, 7) is 3.61. The molecule has 29 heavy (non-hydrogen) atoms. The largest absolute Gasteiger partial charge is 0.342 e. The maximum atomic E-state index is 12.6. The smallest absolute Gasteiger partial charge is 0.232 e. The number of likely N-dealkylation sites (tertiary alicyclic amines) is 1. The van der Waals surface area contributed by atoms with Crippen LogP contribution in [0.25, 0.3) is 11.4 Å². The average molecular weight is 409 g/mol. The topological polar surface area (TPSA) is 72.1 Å². The fraction of sp³-hybridized carbons (Fsp3) is 0.364. The molecular formula is C22H24N4O2S. The van der Waals surface area contributed by atoms with E-state index in [0.717, 1.165) is 42.0 Å². The van der Waals surface area contributed by atoms with Crippen LogP contribution in [0.15, 0.2) is 58.2 Å². The number of rotatable bonds is 6. The van der Waals surface area contributed by atoms with Crippen LogP contribution in [0.4, 0.5) is 0 Å². The van der Waals surface area contributed by atoms with E-state index in [-0.39, 0.29) is 5.91 Å². The quantitative estimate of drug-likeness (QED) is 0.574. The third-order valence-corrected chi connectivity index (χ3v) is 6.20. The first-order valence-electron chi connectivity index (χ1n) is 9.88. The van der Waals surface area contributed by atoms with E-state index in [2.05, 4.69) is 15.1 Å². The number of aromatic nitrogens is 3. The van der Waals surface area contributed by atoms with Crippen molar-refractivity contribution in [1.29, 1.82) is 0 Å². The molecule has 3 heterocycles. The van der Waals surface area contributed by atoms with Crippen molar-refractivity contribution in [3.63, 3.8) is 0 Å². The van der Waals surface area contributed by atoms with Crippen molar-refractivity contribution in [1.82, 2.24) is 20.0 Å². The zero-order chi connectivity index (χ0) is 20.1. The van der Waals surface area contributed by atoms with Crippen LogP contribution in [0.2, 0.25) is 0 Å². The fourth-order valence-electron chi connectivity index (χ4n) is 3.65.